The van der Waals surface area contributed by atoms with E-state index in [0.29, 0.717) is 68.7 Å². The summed E-state index contributed by atoms with van der Waals surface area (Å²) in [6.07, 6.45) is 6.53. The zero-order valence-electron chi connectivity index (χ0n) is 26.6. The van der Waals surface area contributed by atoms with Gasteiger partial charge in [0.1, 0.15) is 17.7 Å². The fourth-order valence-corrected chi connectivity index (χ4v) is 7.30. The van der Waals surface area contributed by atoms with Crippen LogP contribution >= 0.6 is 0 Å². The van der Waals surface area contributed by atoms with E-state index in [9.17, 15) is 19.5 Å². The molecule has 5 heterocycles. The third kappa shape index (κ3) is 6.13. The first-order valence-electron chi connectivity index (χ1n) is 16.3. The maximum absolute atomic E-state index is 14.1. The predicted octanol–water partition coefficient (Wildman–Crippen LogP) is 3.88. The van der Waals surface area contributed by atoms with Gasteiger partial charge in [0.2, 0.25) is 5.91 Å². The van der Waals surface area contributed by atoms with Crippen molar-refractivity contribution in [3.05, 3.63) is 125 Å². The van der Waals surface area contributed by atoms with E-state index in [1.807, 2.05) is 88.3 Å². The Morgan fingerprint density at radius 1 is 0.872 bits per heavy atom. The Hall–Kier alpha value is -4.96. The summed E-state index contributed by atoms with van der Waals surface area (Å²) in [4.78, 5) is 49.3. The van der Waals surface area contributed by atoms with Crippen LogP contribution in [0.1, 0.15) is 46.8 Å². The lowest BCUT2D eigenvalue weighted by Gasteiger charge is -2.43. The zero-order chi connectivity index (χ0) is 32.5. The van der Waals surface area contributed by atoms with Crippen LogP contribution < -0.4 is 5.56 Å². The largest absolute Gasteiger partial charge is 0.388 e. The molecule has 0 spiro atoms. The molecule has 0 radical (unpaired) electrons. The molecule has 0 unspecified atom stereocenters. The number of aliphatic hydroxyl groups is 1. The highest BCUT2D eigenvalue weighted by molar-refractivity contribution is 5.93. The van der Waals surface area contributed by atoms with Crippen molar-refractivity contribution in [2.24, 2.45) is 13.0 Å². The first-order chi connectivity index (χ1) is 22.8. The van der Waals surface area contributed by atoms with E-state index < -0.39 is 5.60 Å². The number of aryl methyl sites for hydroxylation is 1. The van der Waals surface area contributed by atoms with Gasteiger partial charge in [0, 0.05) is 64.0 Å². The summed E-state index contributed by atoms with van der Waals surface area (Å²) in [7, 11) is 1.84. The van der Waals surface area contributed by atoms with Gasteiger partial charge in [-0.15, -0.1) is 0 Å². The van der Waals surface area contributed by atoms with E-state index in [2.05, 4.69) is 17.1 Å². The Balaban J connectivity index is 1.04. The number of hydrogen-bond donors (Lipinski definition) is 1. The molecule has 10 heteroatoms. The van der Waals surface area contributed by atoms with Gasteiger partial charge in [-0.2, -0.15) is 0 Å². The maximum Gasteiger partial charge on any atom is 0.270 e. The van der Waals surface area contributed by atoms with Crippen molar-refractivity contribution >= 4 is 22.8 Å². The number of amides is 2. The van der Waals surface area contributed by atoms with Gasteiger partial charge in [-0.3, -0.25) is 19.0 Å². The average Bonchev–Trinajstić information content (AvgIpc) is 3.72. The van der Waals surface area contributed by atoms with E-state index in [0.717, 1.165) is 11.1 Å². The molecule has 3 aromatic heterocycles. The van der Waals surface area contributed by atoms with Crippen LogP contribution in [0.25, 0.3) is 11.0 Å². The topological polar surface area (TPSA) is 106 Å². The number of carbonyl (C=O) groups is 2. The standard InChI is InChI=1S/C37H40N6O4/c1-39-19-14-30-33(39)38-26-43(35(30)45)25-37(47)16-21-40(22-17-37)34(44)29-15-20-42(24-31(29)28-11-6-3-7-12-28)36(46)32-13-8-18-41(32)23-27-9-4-2-5-10-27/h2-14,18-19,26,29,31,47H,15-17,20-25H2,1H3/t29-,31+/m1/s1. The molecule has 2 amide bonds. The molecular weight excluding hydrogens is 592 g/mol. The number of fused-ring (bicyclic) bond motifs is 1. The van der Waals surface area contributed by atoms with Gasteiger partial charge >= 0.3 is 0 Å². The number of hydrogen-bond acceptors (Lipinski definition) is 5. The fourth-order valence-electron chi connectivity index (χ4n) is 7.30. The Morgan fingerprint density at radius 3 is 2.34 bits per heavy atom. The average molecular weight is 633 g/mol. The van der Waals surface area contributed by atoms with Gasteiger partial charge in [0.25, 0.3) is 11.5 Å². The van der Waals surface area contributed by atoms with Crippen LogP contribution in [-0.2, 0) is 24.9 Å². The minimum Gasteiger partial charge on any atom is -0.388 e. The number of nitrogens with zero attached hydrogens (tertiary/aromatic N) is 6. The first-order valence-corrected chi connectivity index (χ1v) is 16.3. The summed E-state index contributed by atoms with van der Waals surface area (Å²) < 4.78 is 5.27. The molecular formula is C37H40N6O4. The molecule has 2 saturated heterocycles. The molecule has 0 saturated carbocycles. The van der Waals surface area contributed by atoms with Crippen molar-refractivity contribution in [1.29, 1.82) is 0 Å². The predicted molar refractivity (Wildman–Crippen MR) is 179 cm³/mol. The Labute approximate surface area is 273 Å². The van der Waals surface area contributed by atoms with Gasteiger partial charge in [0.15, 0.2) is 0 Å². The second-order valence-corrected chi connectivity index (χ2v) is 13.1. The number of benzene rings is 2. The van der Waals surface area contributed by atoms with E-state index in [-0.39, 0.29) is 35.8 Å². The minimum absolute atomic E-state index is 0.0285. The van der Waals surface area contributed by atoms with Crippen LogP contribution in [0, 0.1) is 5.92 Å². The number of rotatable bonds is 7. The molecule has 7 rings (SSSR count). The smallest absolute Gasteiger partial charge is 0.270 e. The Kier molecular flexibility index (Phi) is 8.28. The van der Waals surface area contributed by atoms with Crippen molar-refractivity contribution in [2.75, 3.05) is 26.2 Å². The van der Waals surface area contributed by atoms with Crippen LogP contribution in [0.3, 0.4) is 0 Å². The van der Waals surface area contributed by atoms with Crippen molar-refractivity contribution in [3.8, 4) is 0 Å². The summed E-state index contributed by atoms with van der Waals surface area (Å²) in [5.74, 6) is -0.401. The second-order valence-electron chi connectivity index (χ2n) is 13.1. The molecule has 242 valence electrons. The van der Waals surface area contributed by atoms with Crippen molar-refractivity contribution in [3.63, 3.8) is 0 Å². The normalized spacial score (nSPS) is 19.6. The van der Waals surface area contributed by atoms with Crippen molar-refractivity contribution < 1.29 is 14.7 Å². The Morgan fingerprint density at radius 2 is 1.60 bits per heavy atom. The van der Waals surface area contributed by atoms with Crippen LogP contribution in [0.15, 0.2) is 102 Å². The Bertz CT molecular complexity index is 1940. The summed E-state index contributed by atoms with van der Waals surface area (Å²) in [6, 6.07) is 25.6. The number of carbonyl (C=O) groups excluding carboxylic acids is 2. The molecule has 2 aliphatic heterocycles. The zero-order valence-corrected chi connectivity index (χ0v) is 26.6. The van der Waals surface area contributed by atoms with E-state index in [1.165, 1.54) is 10.9 Å². The van der Waals surface area contributed by atoms with E-state index in [1.54, 1.807) is 16.8 Å². The molecule has 10 nitrogen and oxygen atoms in total. The van der Waals surface area contributed by atoms with Crippen molar-refractivity contribution in [2.45, 2.75) is 43.9 Å². The summed E-state index contributed by atoms with van der Waals surface area (Å²) in [6.45, 7) is 2.48. The summed E-state index contributed by atoms with van der Waals surface area (Å²) >= 11 is 0. The van der Waals surface area contributed by atoms with Gasteiger partial charge < -0.3 is 24.0 Å². The van der Waals surface area contributed by atoms with Crippen LogP contribution in [0.2, 0.25) is 0 Å². The number of likely N-dealkylation sites (tertiary alicyclic amines) is 2. The summed E-state index contributed by atoms with van der Waals surface area (Å²) in [5, 5.41) is 12.0. The van der Waals surface area contributed by atoms with Gasteiger partial charge in [-0.25, -0.2) is 4.98 Å². The van der Waals surface area contributed by atoms with Gasteiger partial charge in [-0.05, 0) is 48.6 Å². The minimum atomic E-state index is -1.12. The molecule has 0 bridgehead atoms. The molecule has 5 aromatic rings. The third-order valence-electron chi connectivity index (χ3n) is 10.0. The van der Waals surface area contributed by atoms with Crippen LogP contribution in [0.4, 0.5) is 0 Å². The van der Waals surface area contributed by atoms with E-state index in [4.69, 9.17) is 0 Å². The number of piperidine rings is 2. The highest BCUT2D eigenvalue weighted by Gasteiger charge is 2.42. The van der Waals surface area contributed by atoms with Crippen LogP contribution in [-0.4, -0.2) is 77.2 Å². The molecule has 2 atom stereocenters. The van der Waals surface area contributed by atoms with Gasteiger partial charge in [-0.1, -0.05) is 60.7 Å². The summed E-state index contributed by atoms with van der Waals surface area (Å²) in [5.41, 5.74) is 2.12. The molecule has 2 aromatic carbocycles. The second kappa shape index (κ2) is 12.7. The third-order valence-corrected chi connectivity index (χ3v) is 10.0. The molecule has 2 fully saturated rings. The lowest BCUT2D eigenvalue weighted by atomic mass is 9.79. The number of aromatic nitrogens is 4. The molecule has 1 N–H and O–H groups in total. The molecule has 0 aliphatic carbocycles. The molecule has 47 heavy (non-hydrogen) atoms. The lowest BCUT2D eigenvalue weighted by Crippen LogP contribution is -2.53. The first kappa shape index (κ1) is 30.7. The quantitative estimate of drug-likeness (QED) is 0.293. The fraction of sp³-hybridized carbons (Fsp3) is 0.351. The molecule has 2 aliphatic rings. The highest BCUT2D eigenvalue weighted by Crippen LogP contribution is 2.36. The monoisotopic (exact) mass is 632 g/mol. The lowest BCUT2D eigenvalue weighted by molar-refractivity contribution is -0.142. The maximum atomic E-state index is 14.1. The SMILES string of the molecule is Cn1ccc2c(=O)n(CC3(O)CCN(C(=O)[C@@H]4CCN(C(=O)c5cccn5Cc5ccccc5)C[C@H]4c4ccccc4)CC3)cnc21. The van der Waals surface area contributed by atoms with Gasteiger partial charge in [0.05, 0.1) is 17.5 Å². The highest BCUT2D eigenvalue weighted by atomic mass is 16.3. The van der Waals surface area contributed by atoms with Crippen LogP contribution in [0.5, 0.6) is 0 Å². The van der Waals surface area contributed by atoms with Crippen molar-refractivity contribution in [1.82, 2.24) is 28.5 Å². The van der Waals surface area contributed by atoms with E-state index >= 15 is 0 Å².